The van der Waals surface area contributed by atoms with E-state index in [0.717, 1.165) is 11.3 Å². The quantitative estimate of drug-likeness (QED) is 0.885. The van der Waals surface area contributed by atoms with Gasteiger partial charge in [-0.2, -0.15) is 9.40 Å². The highest BCUT2D eigenvalue weighted by Crippen LogP contribution is 2.25. The maximum absolute atomic E-state index is 12.1. The first-order valence-corrected chi connectivity index (χ1v) is 7.53. The van der Waals surface area contributed by atoms with Gasteiger partial charge < -0.3 is 4.74 Å². The lowest BCUT2D eigenvalue weighted by atomic mass is 10.1. The van der Waals surface area contributed by atoms with E-state index in [4.69, 9.17) is 4.74 Å². The first-order valence-electron chi connectivity index (χ1n) is 6.03. The standard InChI is InChI=1S/C11H19N3O3S/c1-8(2)18(15,16)14-4-5-17-10(7-14)11-9(3)6-12-13-11/h6,8,10H,4-5,7H2,1-3H3,(H,12,13). The molecule has 1 unspecified atom stereocenters. The summed E-state index contributed by atoms with van der Waals surface area (Å²) in [7, 11) is -3.22. The number of nitrogens with zero attached hydrogens (tertiary/aromatic N) is 2. The first kappa shape index (κ1) is 13.5. The highest BCUT2D eigenvalue weighted by atomic mass is 32.2. The molecule has 1 N–H and O–H groups in total. The Morgan fingerprint density at radius 1 is 1.56 bits per heavy atom. The topological polar surface area (TPSA) is 75.3 Å². The Kier molecular flexibility index (Phi) is 3.74. The Morgan fingerprint density at radius 3 is 2.83 bits per heavy atom. The number of nitrogens with one attached hydrogen (secondary N) is 1. The molecule has 0 aliphatic carbocycles. The van der Waals surface area contributed by atoms with Crippen LogP contribution in [0.4, 0.5) is 0 Å². The van der Waals surface area contributed by atoms with Gasteiger partial charge in [-0.05, 0) is 26.3 Å². The maximum Gasteiger partial charge on any atom is 0.216 e. The molecule has 0 spiro atoms. The number of ether oxygens (including phenoxy) is 1. The number of rotatable bonds is 3. The van der Waals surface area contributed by atoms with E-state index in [-0.39, 0.29) is 6.10 Å². The summed E-state index contributed by atoms with van der Waals surface area (Å²) in [5.74, 6) is 0. The Hall–Kier alpha value is -0.920. The van der Waals surface area contributed by atoms with Crippen LogP contribution in [-0.2, 0) is 14.8 Å². The molecule has 0 saturated carbocycles. The van der Waals surface area contributed by atoms with Crippen LogP contribution in [0.1, 0.15) is 31.2 Å². The van der Waals surface area contributed by atoms with E-state index in [1.807, 2.05) is 6.92 Å². The monoisotopic (exact) mass is 273 g/mol. The summed E-state index contributed by atoms with van der Waals surface area (Å²) >= 11 is 0. The van der Waals surface area contributed by atoms with Gasteiger partial charge in [0.25, 0.3) is 0 Å². The number of sulfonamides is 1. The Balaban J connectivity index is 2.18. The second-order valence-electron chi connectivity index (χ2n) is 4.78. The number of hydrogen-bond acceptors (Lipinski definition) is 4. The van der Waals surface area contributed by atoms with E-state index in [2.05, 4.69) is 10.2 Å². The molecule has 1 aromatic rings. The van der Waals surface area contributed by atoms with Crippen LogP contribution in [0.15, 0.2) is 6.20 Å². The third kappa shape index (κ3) is 2.43. The van der Waals surface area contributed by atoms with Crippen LogP contribution in [0.3, 0.4) is 0 Å². The number of aromatic nitrogens is 2. The minimum atomic E-state index is -3.22. The molecule has 1 atom stereocenters. The Bertz CT molecular complexity index is 509. The van der Waals surface area contributed by atoms with Crippen LogP contribution in [0.25, 0.3) is 0 Å². The number of hydrogen-bond donors (Lipinski definition) is 1. The van der Waals surface area contributed by atoms with Crippen molar-refractivity contribution in [2.45, 2.75) is 32.1 Å². The lowest BCUT2D eigenvalue weighted by molar-refractivity contribution is -0.00548. The van der Waals surface area contributed by atoms with Crippen molar-refractivity contribution in [1.82, 2.24) is 14.5 Å². The molecule has 0 aromatic carbocycles. The van der Waals surface area contributed by atoms with E-state index < -0.39 is 15.3 Å². The molecule has 6 nitrogen and oxygen atoms in total. The highest BCUT2D eigenvalue weighted by Gasteiger charge is 2.33. The summed E-state index contributed by atoms with van der Waals surface area (Å²) in [5.41, 5.74) is 1.85. The summed E-state index contributed by atoms with van der Waals surface area (Å²) in [4.78, 5) is 0. The van der Waals surface area contributed by atoms with Gasteiger partial charge in [-0.1, -0.05) is 0 Å². The minimum Gasteiger partial charge on any atom is -0.369 e. The molecule has 1 aliphatic heterocycles. The summed E-state index contributed by atoms with van der Waals surface area (Å²) in [5, 5.41) is 6.42. The molecule has 1 aliphatic rings. The van der Waals surface area contributed by atoms with Crippen molar-refractivity contribution in [3.05, 3.63) is 17.5 Å². The molecule has 0 radical (unpaired) electrons. The van der Waals surface area contributed by atoms with Gasteiger partial charge in [-0.3, -0.25) is 5.10 Å². The third-order valence-electron chi connectivity index (χ3n) is 3.17. The van der Waals surface area contributed by atoms with Crippen LogP contribution in [0, 0.1) is 6.92 Å². The molecular formula is C11H19N3O3S. The molecule has 2 rings (SSSR count). The van der Waals surface area contributed by atoms with E-state index in [0.29, 0.717) is 19.7 Å². The van der Waals surface area contributed by atoms with Crippen LogP contribution in [-0.4, -0.2) is 47.9 Å². The predicted molar refractivity (Wildman–Crippen MR) is 67.6 cm³/mol. The zero-order valence-corrected chi connectivity index (χ0v) is 11.7. The summed E-state index contributed by atoms with van der Waals surface area (Å²) in [6.45, 7) is 6.50. The fraction of sp³-hybridized carbons (Fsp3) is 0.727. The van der Waals surface area contributed by atoms with Gasteiger partial charge in [0, 0.05) is 13.1 Å². The fourth-order valence-electron chi connectivity index (χ4n) is 2.01. The molecule has 0 bridgehead atoms. The normalized spacial score (nSPS) is 22.6. The molecule has 1 fully saturated rings. The van der Waals surface area contributed by atoms with Gasteiger partial charge >= 0.3 is 0 Å². The second kappa shape index (κ2) is 4.99. The van der Waals surface area contributed by atoms with Crippen molar-refractivity contribution in [1.29, 1.82) is 0 Å². The molecule has 102 valence electrons. The Labute approximate surface area is 107 Å². The molecule has 2 heterocycles. The zero-order chi connectivity index (χ0) is 13.3. The van der Waals surface area contributed by atoms with Crippen molar-refractivity contribution < 1.29 is 13.2 Å². The van der Waals surface area contributed by atoms with Gasteiger partial charge in [0.2, 0.25) is 10.0 Å². The van der Waals surface area contributed by atoms with Crippen molar-refractivity contribution in [3.8, 4) is 0 Å². The van der Waals surface area contributed by atoms with Crippen LogP contribution >= 0.6 is 0 Å². The number of morpholine rings is 1. The SMILES string of the molecule is Cc1cn[nH]c1C1CN(S(=O)(=O)C(C)C)CCO1. The smallest absolute Gasteiger partial charge is 0.216 e. The maximum atomic E-state index is 12.1. The van der Waals surface area contributed by atoms with Gasteiger partial charge in [0.1, 0.15) is 6.10 Å². The van der Waals surface area contributed by atoms with Gasteiger partial charge in [0.05, 0.1) is 23.7 Å². The molecule has 0 amide bonds. The van der Waals surface area contributed by atoms with Crippen molar-refractivity contribution >= 4 is 10.0 Å². The lowest BCUT2D eigenvalue weighted by Crippen LogP contribution is -2.45. The van der Waals surface area contributed by atoms with Crippen molar-refractivity contribution in [2.75, 3.05) is 19.7 Å². The van der Waals surface area contributed by atoms with Gasteiger partial charge in [-0.25, -0.2) is 8.42 Å². The molecule has 1 aromatic heterocycles. The number of aromatic amines is 1. The fourth-order valence-corrected chi connectivity index (χ4v) is 3.28. The average molecular weight is 273 g/mol. The van der Waals surface area contributed by atoms with E-state index in [9.17, 15) is 8.42 Å². The third-order valence-corrected chi connectivity index (χ3v) is 5.42. The molecule has 1 saturated heterocycles. The molecule has 7 heteroatoms. The van der Waals surface area contributed by atoms with E-state index in [1.165, 1.54) is 4.31 Å². The Morgan fingerprint density at radius 2 is 2.28 bits per heavy atom. The summed E-state index contributed by atoms with van der Waals surface area (Å²) in [6.07, 6.45) is 1.46. The van der Waals surface area contributed by atoms with E-state index >= 15 is 0 Å². The van der Waals surface area contributed by atoms with Gasteiger partial charge in [0.15, 0.2) is 0 Å². The molecule has 18 heavy (non-hydrogen) atoms. The van der Waals surface area contributed by atoms with Crippen LogP contribution < -0.4 is 0 Å². The zero-order valence-electron chi connectivity index (χ0n) is 10.9. The minimum absolute atomic E-state index is 0.255. The predicted octanol–water partition coefficient (Wildman–Crippen LogP) is 0.830. The highest BCUT2D eigenvalue weighted by molar-refractivity contribution is 7.89. The largest absolute Gasteiger partial charge is 0.369 e. The first-order chi connectivity index (χ1) is 8.43. The van der Waals surface area contributed by atoms with Crippen LogP contribution in [0.2, 0.25) is 0 Å². The van der Waals surface area contributed by atoms with Crippen molar-refractivity contribution in [3.63, 3.8) is 0 Å². The lowest BCUT2D eigenvalue weighted by Gasteiger charge is -2.33. The van der Waals surface area contributed by atoms with Crippen LogP contribution in [0.5, 0.6) is 0 Å². The average Bonchev–Trinajstić information content (AvgIpc) is 2.75. The summed E-state index contributed by atoms with van der Waals surface area (Å²) in [6, 6.07) is 0. The second-order valence-corrected chi connectivity index (χ2v) is 7.27. The van der Waals surface area contributed by atoms with Gasteiger partial charge in [-0.15, -0.1) is 0 Å². The number of H-pyrrole nitrogens is 1. The summed E-state index contributed by atoms with van der Waals surface area (Å²) < 4.78 is 31.4. The number of aryl methyl sites for hydroxylation is 1. The molecular weight excluding hydrogens is 254 g/mol. The van der Waals surface area contributed by atoms with Crippen molar-refractivity contribution in [2.24, 2.45) is 0 Å². The van der Waals surface area contributed by atoms with E-state index in [1.54, 1.807) is 20.0 Å².